The van der Waals surface area contributed by atoms with E-state index in [2.05, 4.69) is 41.5 Å². The third kappa shape index (κ3) is 18.7. The van der Waals surface area contributed by atoms with Crippen molar-refractivity contribution in [1.82, 2.24) is 0 Å². The number of unbranched alkanes of at least 4 members (excludes halogenated alkanes) is 14. The number of rotatable bonds is 23. The number of quaternary nitrogens is 1. The summed E-state index contributed by atoms with van der Waals surface area (Å²) in [5.41, 5.74) is 0. The molecular formula is C29H62FNO3S. The first-order valence-electron chi connectivity index (χ1n) is 15.1. The fourth-order valence-electron chi connectivity index (χ4n) is 4.76. The van der Waals surface area contributed by atoms with Gasteiger partial charge >= 0.3 is 0 Å². The van der Waals surface area contributed by atoms with E-state index in [1.807, 2.05) is 0 Å². The molecule has 214 valence electrons. The lowest BCUT2D eigenvalue weighted by atomic mass is 10.0. The summed E-state index contributed by atoms with van der Waals surface area (Å²) in [6.07, 6.45) is 16.3. The number of hydrogen-bond acceptors (Lipinski definition) is 3. The van der Waals surface area contributed by atoms with Crippen LogP contribution in [0.1, 0.15) is 157 Å². The van der Waals surface area contributed by atoms with Crippen molar-refractivity contribution in [2.24, 2.45) is 0 Å². The minimum Gasteiger partial charge on any atom is -0.745 e. The molecule has 0 aromatic rings. The molecule has 0 rings (SSSR count). The van der Waals surface area contributed by atoms with Crippen molar-refractivity contribution < 1.29 is 21.8 Å². The van der Waals surface area contributed by atoms with Crippen LogP contribution >= 0.6 is 0 Å². The van der Waals surface area contributed by atoms with Gasteiger partial charge in [-0.1, -0.05) is 104 Å². The molecule has 1 atom stereocenters. The summed E-state index contributed by atoms with van der Waals surface area (Å²) >= 11 is 0. The molecule has 4 nitrogen and oxygen atoms in total. The van der Waals surface area contributed by atoms with Crippen molar-refractivity contribution in [2.75, 3.05) is 26.2 Å². The van der Waals surface area contributed by atoms with Gasteiger partial charge in [-0.15, -0.1) is 0 Å². The molecule has 1 unspecified atom stereocenters. The Kier molecular flexibility index (Phi) is 24.2. The molecule has 0 heterocycles. The van der Waals surface area contributed by atoms with Crippen LogP contribution in [-0.2, 0) is 10.1 Å². The van der Waals surface area contributed by atoms with Crippen LogP contribution in [0, 0.1) is 0 Å². The Labute approximate surface area is 220 Å². The van der Waals surface area contributed by atoms with E-state index < -0.39 is 15.1 Å². The molecule has 6 heteroatoms. The van der Waals surface area contributed by atoms with Gasteiger partial charge in [0.05, 0.1) is 26.2 Å². The zero-order chi connectivity index (χ0) is 27.1. The molecule has 0 aromatic carbocycles. The van der Waals surface area contributed by atoms with E-state index in [-0.39, 0.29) is 12.8 Å². The number of alkyl halides is 1. The topological polar surface area (TPSA) is 57.2 Å². The van der Waals surface area contributed by atoms with Gasteiger partial charge in [-0.2, -0.15) is 0 Å². The zero-order valence-corrected chi connectivity index (χ0v) is 25.3. The molecule has 0 amide bonds. The number of halogens is 1. The predicted molar refractivity (Wildman–Crippen MR) is 150 cm³/mol. The van der Waals surface area contributed by atoms with Gasteiger partial charge in [-0.25, -0.2) is 12.8 Å². The van der Waals surface area contributed by atoms with Gasteiger partial charge in [-0.3, -0.25) is 0 Å². The van der Waals surface area contributed by atoms with Crippen LogP contribution in [0.3, 0.4) is 0 Å². The van der Waals surface area contributed by atoms with Gasteiger partial charge in [0.1, 0.15) is 10.1 Å². The maximum absolute atomic E-state index is 14.7. The molecule has 0 spiro atoms. The molecule has 0 bridgehead atoms. The van der Waals surface area contributed by atoms with Crippen LogP contribution < -0.4 is 0 Å². The van der Waals surface area contributed by atoms with Crippen molar-refractivity contribution in [3.8, 4) is 0 Å². The summed E-state index contributed by atoms with van der Waals surface area (Å²) in [6.45, 7) is 18.6. The highest BCUT2D eigenvalue weighted by atomic mass is 32.2. The van der Waals surface area contributed by atoms with Crippen LogP contribution in [0.25, 0.3) is 0 Å². The van der Waals surface area contributed by atoms with Gasteiger partial charge in [0, 0.05) is 0 Å². The lowest BCUT2D eigenvalue weighted by Gasteiger charge is -2.34. The minimum atomic E-state index is -4.89. The van der Waals surface area contributed by atoms with E-state index >= 15 is 0 Å². The minimum absolute atomic E-state index is 0.134. The monoisotopic (exact) mass is 523 g/mol. The van der Waals surface area contributed by atoms with Crippen LogP contribution in [0.4, 0.5) is 4.39 Å². The van der Waals surface area contributed by atoms with Gasteiger partial charge in [0.15, 0.2) is 5.00 Å². The molecule has 0 N–H and O–H groups in total. The number of nitrogens with zero attached hydrogens (tertiary/aromatic N) is 1. The highest BCUT2D eigenvalue weighted by molar-refractivity contribution is 7.87. The molecular weight excluding hydrogens is 461 g/mol. The first-order valence-corrected chi connectivity index (χ1v) is 16.5. The quantitative estimate of drug-likeness (QED) is 0.0762. The molecule has 0 aromatic heterocycles. The maximum atomic E-state index is 14.7. The normalized spacial score (nSPS) is 13.8. The van der Waals surface area contributed by atoms with Gasteiger partial charge in [0.2, 0.25) is 0 Å². The molecule has 0 fully saturated rings. The Morgan fingerprint density at radius 3 is 1.00 bits per heavy atom. The second kappa shape index (κ2) is 23.0. The van der Waals surface area contributed by atoms with Crippen molar-refractivity contribution in [3.05, 3.63) is 0 Å². The molecule has 0 radical (unpaired) electrons. The van der Waals surface area contributed by atoms with Gasteiger partial charge < -0.3 is 9.04 Å². The summed E-state index contributed by atoms with van der Waals surface area (Å²) in [5.74, 6) is 0. The summed E-state index contributed by atoms with van der Waals surface area (Å²) in [4.78, 5) is 0. The van der Waals surface area contributed by atoms with E-state index in [4.69, 9.17) is 0 Å². The van der Waals surface area contributed by atoms with Crippen molar-refractivity contribution in [1.29, 1.82) is 0 Å². The molecule has 0 saturated carbocycles. The Morgan fingerprint density at radius 1 is 0.543 bits per heavy atom. The second-order valence-electron chi connectivity index (χ2n) is 10.4. The lowest BCUT2D eigenvalue weighted by Crippen LogP contribution is -2.47. The van der Waals surface area contributed by atoms with E-state index in [0.717, 1.165) is 38.5 Å². The standard InChI is InChI=1S/C21H43FO3S.C8H20N/c1-3-5-7-9-11-12-14-16-18-20-21(22,26(23,24)25)19-17-15-13-10-8-6-4-2;1-5-9(6-2,7-3)8-4/h3-20H2,1-2H3,(H,23,24,25);5-8H2,1-4H3/q;+1/p-1. The van der Waals surface area contributed by atoms with E-state index in [1.54, 1.807) is 0 Å². The Bertz CT molecular complexity index is 535. The predicted octanol–water partition coefficient (Wildman–Crippen LogP) is 9.14. The Hall–Kier alpha value is -0.200. The van der Waals surface area contributed by atoms with Gasteiger partial charge in [-0.05, 0) is 53.4 Å². The van der Waals surface area contributed by atoms with Crippen LogP contribution in [-0.4, -0.2) is 48.6 Å². The van der Waals surface area contributed by atoms with Crippen LogP contribution in [0.2, 0.25) is 0 Å². The van der Waals surface area contributed by atoms with Gasteiger partial charge in [0.25, 0.3) is 0 Å². The van der Waals surface area contributed by atoms with Crippen LogP contribution in [0.15, 0.2) is 0 Å². The highest BCUT2D eigenvalue weighted by Gasteiger charge is 2.36. The fourth-order valence-corrected chi connectivity index (χ4v) is 5.55. The SMILES string of the molecule is CCCCCCCCCCCC(F)(CCCCCCCCC)S(=O)(=O)[O-].CC[N+](CC)(CC)CC. The second-order valence-corrected chi connectivity index (χ2v) is 12.0. The fraction of sp³-hybridized carbons (Fsp3) is 1.00. The van der Waals surface area contributed by atoms with Crippen molar-refractivity contribution in [2.45, 2.75) is 162 Å². The van der Waals surface area contributed by atoms with E-state index in [9.17, 15) is 17.4 Å². The maximum Gasteiger partial charge on any atom is 0.199 e. The summed E-state index contributed by atoms with van der Waals surface area (Å²) < 4.78 is 50.2. The highest BCUT2D eigenvalue weighted by Crippen LogP contribution is 2.32. The van der Waals surface area contributed by atoms with E-state index in [1.165, 1.54) is 82.0 Å². The lowest BCUT2D eigenvalue weighted by molar-refractivity contribution is -0.921. The number of hydrogen-bond donors (Lipinski definition) is 0. The molecule has 0 aliphatic heterocycles. The van der Waals surface area contributed by atoms with Crippen molar-refractivity contribution >= 4 is 10.1 Å². The summed E-state index contributed by atoms with van der Waals surface area (Å²) in [7, 11) is -4.89. The molecule has 35 heavy (non-hydrogen) atoms. The third-order valence-electron chi connectivity index (χ3n) is 7.94. The average molecular weight is 524 g/mol. The third-order valence-corrected chi connectivity index (χ3v) is 9.24. The van der Waals surface area contributed by atoms with Crippen LogP contribution in [0.5, 0.6) is 0 Å². The molecule has 0 aliphatic carbocycles. The van der Waals surface area contributed by atoms with E-state index in [0.29, 0.717) is 12.8 Å². The smallest absolute Gasteiger partial charge is 0.199 e. The average Bonchev–Trinajstić information content (AvgIpc) is 2.84. The largest absolute Gasteiger partial charge is 0.745 e. The Balaban J connectivity index is 0. The first-order chi connectivity index (χ1) is 16.6. The first kappa shape index (κ1) is 37.0. The summed E-state index contributed by atoms with van der Waals surface area (Å²) in [5, 5.41) is -2.56. The molecule has 0 saturated heterocycles. The molecule has 0 aliphatic rings. The summed E-state index contributed by atoms with van der Waals surface area (Å²) in [6, 6.07) is 0. The van der Waals surface area contributed by atoms with Crippen molar-refractivity contribution in [3.63, 3.8) is 0 Å². The Morgan fingerprint density at radius 2 is 0.800 bits per heavy atom. The zero-order valence-electron chi connectivity index (χ0n) is 24.5.